The Kier molecular flexibility index (Phi) is 8.56. The molecule has 1 aliphatic rings. The minimum absolute atomic E-state index is 0. The van der Waals surface area contributed by atoms with Crippen LogP contribution in [-0.2, 0) is 11.2 Å². The highest BCUT2D eigenvalue weighted by atomic mass is 35.5. The Labute approximate surface area is 145 Å². The van der Waals surface area contributed by atoms with Crippen LogP contribution in [0.3, 0.4) is 0 Å². The molecule has 1 aromatic rings. The van der Waals surface area contributed by atoms with Crippen LogP contribution in [0.2, 0.25) is 0 Å². The zero-order valence-electron chi connectivity index (χ0n) is 14.1. The van der Waals surface area contributed by atoms with Crippen LogP contribution in [-0.4, -0.2) is 36.5 Å². The number of hydrogen-bond acceptors (Lipinski definition) is 2. The molecule has 0 aliphatic carbocycles. The Morgan fingerprint density at radius 3 is 2.87 bits per heavy atom. The Morgan fingerprint density at radius 1 is 1.48 bits per heavy atom. The van der Waals surface area contributed by atoms with Crippen LogP contribution >= 0.6 is 12.4 Å². The van der Waals surface area contributed by atoms with Crippen molar-refractivity contribution in [3.05, 3.63) is 35.6 Å². The summed E-state index contributed by atoms with van der Waals surface area (Å²) in [5.41, 5.74) is 0.962. The molecule has 2 atom stereocenters. The summed E-state index contributed by atoms with van der Waals surface area (Å²) in [4.78, 5) is 14.8. The highest BCUT2D eigenvalue weighted by Gasteiger charge is 2.28. The standard InChI is InChI=1S/C18H27FN2O.ClH/c1-3-11-21(17-9-10-20-13-17)18(22)14(2)7-8-15-5-4-6-16(19)12-15;/h4-6,12,14,17,20H,3,7-11,13H2,1-2H3;1H. The monoisotopic (exact) mass is 342 g/mol. The molecule has 1 heterocycles. The number of carbonyl (C=O) groups is 1. The SMILES string of the molecule is CCCN(C(=O)C(C)CCc1cccc(F)c1)C1CCNC1.Cl. The van der Waals surface area contributed by atoms with E-state index in [1.807, 2.05) is 13.0 Å². The number of halogens is 2. The first kappa shape index (κ1) is 19.9. The van der Waals surface area contributed by atoms with E-state index in [2.05, 4.69) is 17.1 Å². The summed E-state index contributed by atoms with van der Waals surface area (Å²) in [5, 5.41) is 3.33. The molecule has 1 saturated heterocycles. The lowest BCUT2D eigenvalue weighted by molar-refractivity contribution is -0.137. The first-order valence-electron chi connectivity index (χ1n) is 8.37. The van der Waals surface area contributed by atoms with Gasteiger partial charge < -0.3 is 10.2 Å². The minimum Gasteiger partial charge on any atom is -0.338 e. The van der Waals surface area contributed by atoms with Crippen molar-refractivity contribution in [3.8, 4) is 0 Å². The highest BCUT2D eigenvalue weighted by Crippen LogP contribution is 2.17. The third kappa shape index (κ3) is 5.78. The second kappa shape index (κ2) is 9.89. The molecule has 1 N–H and O–H groups in total. The lowest BCUT2D eigenvalue weighted by Gasteiger charge is -2.30. The van der Waals surface area contributed by atoms with E-state index >= 15 is 0 Å². The van der Waals surface area contributed by atoms with Crippen molar-refractivity contribution >= 4 is 18.3 Å². The van der Waals surface area contributed by atoms with Gasteiger partial charge in [-0.1, -0.05) is 26.0 Å². The molecule has 5 heteroatoms. The quantitative estimate of drug-likeness (QED) is 0.823. The molecule has 0 radical (unpaired) electrons. The van der Waals surface area contributed by atoms with Gasteiger partial charge in [-0.2, -0.15) is 0 Å². The zero-order chi connectivity index (χ0) is 15.9. The summed E-state index contributed by atoms with van der Waals surface area (Å²) < 4.78 is 13.2. The van der Waals surface area contributed by atoms with Crippen molar-refractivity contribution in [3.63, 3.8) is 0 Å². The number of amides is 1. The van der Waals surface area contributed by atoms with E-state index in [-0.39, 0.29) is 30.0 Å². The van der Waals surface area contributed by atoms with Gasteiger partial charge in [0.05, 0.1) is 0 Å². The second-order valence-corrected chi connectivity index (χ2v) is 6.25. The van der Waals surface area contributed by atoms with Crippen molar-refractivity contribution < 1.29 is 9.18 Å². The molecule has 23 heavy (non-hydrogen) atoms. The zero-order valence-corrected chi connectivity index (χ0v) is 14.9. The first-order valence-corrected chi connectivity index (χ1v) is 8.37. The summed E-state index contributed by atoms with van der Waals surface area (Å²) in [7, 11) is 0. The second-order valence-electron chi connectivity index (χ2n) is 6.25. The van der Waals surface area contributed by atoms with Gasteiger partial charge in [-0.15, -0.1) is 12.4 Å². The molecule has 1 aromatic carbocycles. The highest BCUT2D eigenvalue weighted by molar-refractivity contribution is 5.85. The van der Waals surface area contributed by atoms with Crippen LogP contribution in [0.5, 0.6) is 0 Å². The molecular formula is C18H28ClFN2O. The molecule has 1 amide bonds. The molecule has 0 aromatic heterocycles. The molecule has 2 rings (SSSR count). The summed E-state index contributed by atoms with van der Waals surface area (Å²) >= 11 is 0. The number of benzene rings is 1. The van der Waals surface area contributed by atoms with Gasteiger partial charge in [0, 0.05) is 25.0 Å². The molecule has 0 saturated carbocycles. The van der Waals surface area contributed by atoms with Gasteiger partial charge in [-0.25, -0.2) is 4.39 Å². The predicted molar refractivity (Wildman–Crippen MR) is 94.4 cm³/mol. The number of carbonyl (C=O) groups excluding carboxylic acids is 1. The van der Waals surface area contributed by atoms with Gasteiger partial charge in [0.1, 0.15) is 5.82 Å². The van der Waals surface area contributed by atoms with Crippen LogP contribution in [0.15, 0.2) is 24.3 Å². The topological polar surface area (TPSA) is 32.3 Å². The number of hydrogen-bond donors (Lipinski definition) is 1. The third-order valence-electron chi connectivity index (χ3n) is 4.40. The smallest absolute Gasteiger partial charge is 0.225 e. The molecule has 1 aliphatic heterocycles. The molecule has 0 spiro atoms. The van der Waals surface area contributed by atoms with Gasteiger partial charge >= 0.3 is 0 Å². The number of nitrogens with zero attached hydrogens (tertiary/aromatic N) is 1. The van der Waals surface area contributed by atoms with Crippen molar-refractivity contribution in [1.82, 2.24) is 10.2 Å². The maximum Gasteiger partial charge on any atom is 0.225 e. The van der Waals surface area contributed by atoms with Gasteiger partial charge in [0.15, 0.2) is 0 Å². The average molecular weight is 343 g/mol. The van der Waals surface area contributed by atoms with Crippen LogP contribution in [0.25, 0.3) is 0 Å². The summed E-state index contributed by atoms with van der Waals surface area (Å²) in [6, 6.07) is 7.00. The van der Waals surface area contributed by atoms with Gasteiger partial charge in [-0.3, -0.25) is 4.79 Å². The lowest BCUT2D eigenvalue weighted by Crippen LogP contribution is -2.44. The van der Waals surface area contributed by atoms with Gasteiger partial charge in [-0.05, 0) is 49.9 Å². The van der Waals surface area contributed by atoms with Crippen molar-refractivity contribution in [2.24, 2.45) is 5.92 Å². The van der Waals surface area contributed by atoms with E-state index in [9.17, 15) is 9.18 Å². The van der Waals surface area contributed by atoms with Crippen LogP contribution < -0.4 is 5.32 Å². The Morgan fingerprint density at radius 2 is 2.26 bits per heavy atom. The Hall–Kier alpha value is -1.13. The predicted octanol–water partition coefficient (Wildman–Crippen LogP) is 3.42. The number of nitrogens with one attached hydrogen (secondary N) is 1. The van der Waals surface area contributed by atoms with Crippen molar-refractivity contribution in [1.29, 1.82) is 0 Å². The molecular weight excluding hydrogens is 315 g/mol. The van der Waals surface area contributed by atoms with E-state index in [1.54, 1.807) is 12.1 Å². The molecule has 2 unspecified atom stereocenters. The Bertz CT molecular complexity index is 492. The van der Waals surface area contributed by atoms with Crippen LogP contribution in [0.1, 0.15) is 38.7 Å². The maximum atomic E-state index is 13.2. The van der Waals surface area contributed by atoms with E-state index in [1.165, 1.54) is 6.07 Å². The summed E-state index contributed by atoms with van der Waals surface area (Å²) in [5.74, 6) is 0.0171. The van der Waals surface area contributed by atoms with Crippen molar-refractivity contribution in [2.75, 3.05) is 19.6 Å². The third-order valence-corrected chi connectivity index (χ3v) is 4.40. The minimum atomic E-state index is -0.207. The van der Waals surface area contributed by atoms with Crippen LogP contribution in [0, 0.1) is 11.7 Å². The number of aryl methyl sites for hydroxylation is 1. The van der Waals surface area contributed by atoms with Gasteiger partial charge in [0.25, 0.3) is 0 Å². The normalized spacial score (nSPS) is 18.3. The molecule has 130 valence electrons. The summed E-state index contributed by atoms with van der Waals surface area (Å²) in [6.07, 6.45) is 3.54. The van der Waals surface area contributed by atoms with Crippen LogP contribution in [0.4, 0.5) is 4.39 Å². The fraction of sp³-hybridized carbons (Fsp3) is 0.611. The Balaban J connectivity index is 0.00000264. The maximum absolute atomic E-state index is 13.2. The van der Waals surface area contributed by atoms with E-state index < -0.39 is 0 Å². The molecule has 0 bridgehead atoms. The van der Waals surface area contributed by atoms with E-state index in [0.717, 1.165) is 50.9 Å². The molecule has 3 nitrogen and oxygen atoms in total. The molecule has 1 fully saturated rings. The van der Waals surface area contributed by atoms with E-state index in [0.29, 0.717) is 6.04 Å². The largest absolute Gasteiger partial charge is 0.338 e. The lowest BCUT2D eigenvalue weighted by atomic mass is 9.98. The van der Waals surface area contributed by atoms with Gasteiger partial charge in [0.2, 0.25) is 5.91 Å². The fourth-order valence-electron chi connectivity index (χ4n) is 3.10. The fourth-order valence-corrected chi connectivity index (χ4v) is 3.10. The summed E-state index contributed by atoms with van der Waals surface area (Å²) in [6.45, 7) is 6.83. The van der Waals surface area contributed by atoms with E-state index in [4.69, 9.17) is 0 Å². The average Bonchev–Trinajstić information content (AvgIpc) is 3.03. The first-order chi connectivity index (χ1) is 10.6. The number of rotatable bonds is 7. The van der Waals surface area contributed by atoms with Crippen molar-refractivity contribution in [2.45, 2.75) is 45.6 Å².